The van der Waals surface area contributed by atoms with Crippen LogP contribution in [0.1, 0.15) is 15.9 Å². The van der Waals surface area contributed by atoms with Crippen molar-refractivity contribution >= 4 is 15.9 Å². The number of hydrogen-bond acceptors (Lipinski definition) is 5. The highest BCUT2D eigenvalue weighted by Gasteiger charge is 2.20. The molecule has 0 radical (unpaired) electrons. The molecule has 2 aromatic carbocycles. The van der Waals surface area contributed by atoms with E-state index in [1.807, 2.05) is 18.2 Å². The van der Waals surface area contributed by atoms with Crippen molar-refractivity contribution in [1.82, 2.24) is 10.0 Å². The van der Waals surface area contributed by atoms with Crippen molar-refractivity contribution in [2.24, 2.45) is 0 Å². The molecule has 0 aliphatic heterocycles. The molecule has 25 heavy (non-hydrogen) atoms. The van der Waals surface area contributed by atoms with E-state index in [0.717, 1.165) is 5.56 Å². The average molecular weight is 364 g/mol. The lowest BCUT2D eigenvalue weighted by molar-refractivity contribution is 0.0950. The lowest BCUT2D eigenvalue weighted by Gasteiger charge is -2.12. The standard InChI is InChI=1S/C17H20N2O5S/c1-18-25(21,22)16-10-12(8-9-15(16)24-3)17(20)19-11-13-6-4-5-7-14(13)23-2/h4-10,18H,11H2,1-3H3,(H,19,20). The van der Waals surface area contributed by atoms with E-state index in [4.69, 9.17) is 9.47 Å². The van der Waals surface area contributed by atoms with Crippen LogP contribution in [0.15, 0.2) is 47.4 Å². The number of para-hydroxylation sites is 1. The minimum absolute atomic E-state index is 0.0950. The number of hydrogen-bond donors (Lipinski definition) is 2. The Labute approximate surface area is 147 Å². The van der Waals surface area contributed by atoms with E-state index in [1.54, 1.807) is 13.2 Å². The van der Waals surface area contributed by atoms with Crippen LogP contribution < -0.4 is 19.5 Å². The average Bonchev–Trinajstić information content (AvgIpc) is 2.65. The number of amides is 1. The zero-order valence-electron chi connectivity index (χ0n) is 14.2. The normalized spacial score (nSPS) is 11.0. The molecule has 0 saturated heterocycles. The van der Waals surface area contributed by atoms with Crippen molar-refractivity contribution < 1.29 is 22.7 Å². The van der Waals surface area contributed by atoms with Crippen LogP contribution in [0, 0.1) is 0 Å². The third-order valence-corrected chi connectivity index (χ3v) is 5.05. The fraction of sp³-hybridized carbons (Fsp3) is 0.235. The first kappa shape index (κ1) is 18.8. The Morgan fingerprint density at radius 1 is 1.04 bits per heavy atom. The second-order valence-corrected chi connectivity index (χ2v) is 6.92. The van der Waals surface area contributed by atoms with Crippen molar-refractivity contribution in [3.63, 3.8) is 0 Å². The van der Waals surface area contributed by atoms with Gasteiger partial charge in [0, 0.05) is 17.7 Å². The molecule has 0 fully saturated rings. The molecule has 2 aromatic rings. The molecule has 0 aromatic heterocycles. The number of nitrogens with one attached hydrogen (secondary N) is 2. The van der Waals surface area contributed by atoms with Crippen LogP contribution in [-0.2, 0) is 16.6 Å². The van der Waals surface area contributed by atoms with Crippen molar-refractivity contribution in [2.75, 3.05) is 21.3 Å². The zero-order valence-corrected chi connectivity index (χ0v) is 15.0. The monoisotopic (exact) mass is 364 g/mol. The van der Waals surface area contributed by atoms with E-state index >= 15 is 0 Å². The minimum Gasteiger partial charge on any atom is -0.496 e. The topological polar surface area (TPSA) is 93.7 Å². The van der Waals surface area contributed by atoms with Crippen molar-refractivity contribution in [3.05, 3.63) is 53.6 Å². The maximum atomic E-state index is 12.4. The Kier molecular flexibility index (Phi) is 6.00. The lowest BCUT2D eigenvalue weighted by Crippen LogP contribution is -2.24. The Hall–Kier alpha value is -2.58. The number of sulfonamides is 1. The third-order valence-electron chi connectivity index (χ3n) is 3.62. The molecule has 0 unspecified atom stereocenters. The first-order valence-electron chi connectivity index (χ1n) is 7.44. The highest BCUT2D eigenvalue weighted by atomic mass is 32.2. The van der Waals surface area contributed by atoms with E-state index in [1.165, 1.54) is 32.4 Å². The van der Waals surface area contributed by atoms with Gasteiger partial charge < -0.3 is 14.8 Å². The zero-order chi connectivity index (χ0) is 18.4. The number of methoxy groups -OCH3 is 2. The molecule has 0 atom stereocenters. The molecule has 0 aliphatic rings. The SMILES string of the molecule is CNS(=O)(=O)c1cc(C(=O)NCc2ccccc2OC)ccc1OC. The smallest absolute Gasteiger partial charge is 0.251 e. The molecule has 134 valence electrons. The molecule has 0 spiro atoms. The fourth-order valence-electron chi connectivity index (χ4n) is 2.26. The molecule has 7 nitrogen and oxygen atoms in total. The summed E-state index contributed by atoms with van der Waals surface area (Å²) in [4.78, 5) is 12.3. The maximum Gasteiger partial charge on any atom is 0.251 e. The lowest BCUT2D eigenvalue weighted by atomic mass is 10.1. The fourth-order valence-corrected chi connectivity index (χ4v) is 3.18. The van der Waals surface area contributed by atoms with Crippen LogP contribution in [0.2, 0.25) is 0 Å². The first-order chi connectivity index (χ1) is 11.9. The Balaban J connectivity index is 2.24. The van der Waals surface area contributed by atoms with Gasteiger partial charge in [-0.05, 0) is 31.3 Å². The van der Waals surface area contributed by atoms with Gasteiger partial charge >= 0.3 is 0 Å². The Bertz CT molecular complexity index is 865. The van der Waals surface area contributed by atoms with Crippen LogP contribution >= 0.6 is 0 Å². The van der Waals surface area contributed by atoms with E-state index < -0.39 is 15.9 Å². The van der Waals surface area contributed by atoms with Gasteiger partial charge in [0.2, 0.25) is 10.0 Å². The molecule has 0 aliphatic carbocycles. The van der Waals surface area contributed by atoms with Crippen molar-refractivity contribution in [1.29, 1.82) is 0 Å². The van der Waals surface area contributed by atoms with Gasteiger partial charge in [0.15, 0.2) is 0 Å². The Morgan fingerprint density at radius 3 is 2.36 bits per heavy atom. The molecule has 2 N–H and O–H groups in total. The van der Waals surface area contributed by atoms with Gasteiger partial charge in [-0.2, -0.15) is 0 Å². The number of rotatable bonds is 7. The molecule has 0 heterocycles. The number of carbonyl (C=O) groups excluding carboxylic acids is 1. The molecule has 1 amide bonds. The van der Waals surface area contributed by atoms with Crippen LogP contribution in [-0.4, -0.2) is 35.6 Å². The van der Waals surface area contributed by atoms with E-state index in [0.29, 0.717) is 5.75 Å². The highest BCUT2D eigenvalue weighted by Crippen LogP contribution is 2.25. The van der Waals surface area contributed by atoms with Gasteiger partial charge in [-0.15, -0.1) is 0 Å². The van der Waals surface area contributed by atoms with Gasteiger partial charge in [-0.25, -0.2) is 13.1 Å². The first-order valence-corrected chi connectivity index (χ1v) is 8.93. The number of ether oxygens (including phenoxy) is 2. The summed E-state index contributed by atoms with van der Waals surface area (Å²) in [7, 11) is 0.466. The summed E-state index contributed by atoms with van der Waals surface area (Å²) in [5, 5.41) is 2.75. The van der Waals surface area contributed by atoms with Crippen LogP contribution in [0.3, 0.4) is 0 Å². The van der Waals surface area contributed by atoms with Crippen molar-refractivity contribution in [3.8, 4) is 11.5 Å². The van der Waals surface area contributed by atoms with Gasteiger partial charge in [-0.1, -0.05) is 18.2 Å². The largest absolute Gasteiger partial charge is 0.496 e. The molecule has 0 bridgehead atoms. The quantitative estimate of drug-likeness (QED) is 0.777. The number of carbonyl (C=O) groups is 1. The van der Waals surface area contributed by atoms with Gasteiger partial charge in [0.05, 0.1) is 14.2 Å². The van der Waals surface area contributed by atoms with Gasteiger partial charge in [0.25, 0.3) is 5.91 Å². The Morgan fingerprint density at radius 2 is 1.72 bits per heavy atom. The summed E-state index contributed by atoms with van der Waals surface area (Å²) < 4.78 is 36.7. The minimum atomic E-state index is -3.75. The van der Waals surface area contributed by atoms with Crippen LogP contribution in [0.25, 0.3) is 0 Å². The van der Waals surface area contributed by atoms with Crippen LogP contribution in [0.4, 0.5) is 0 Å². The number of benzene rings is 2. The summed E-state index contributed by atoms with van der Waals surface area (Å²) in [5.74, 6) is 0.424. The predicted octanol–water partition coefficient (Wildman–Crippen LogP) is 1.54. The van der Waals surface area contributed by atoms with Crippen LogP contribution in [0.5, 0.6) is 11.5 Å². The third kappa shape index (κ3) is 4.28. The van der Waals surface area contributed by atoms with Crippen molar-refractivity contribution in [2.45, 2.75) is 11.4 Å². The predicted molar refractivity (Wildman–Crippen MR) is 93.4 cm³/mol. The summed E-state index contributed by atoms with van der Waals surface area (Å²) in [6.45, 7) is 0.253. The highest BCUT2D eigenvalue weighted by molar-refractivity contribution is 7.89. The van der Waals surface area contributed by atoms with Gasteiger partial charge in [-0.3, -0.25) is 4.79 Å². The van der Waals surface area contributed by atoms with E-state index in [9.17, 15) is 13.2 Å². The molecule has 2 rings (SSSR count). The van der Waals surface area contributed by atoms with E-state index in [2.05, 4.69) is 10.0 Å². The summed E-state index contributed by atoms with van der Waals surface area (Å²) in [6, 6.07) is 11.5. The van der Waals surface area contributed by atoms with Gasteiger partial charge in [0.1, 0.15) is 16.4 Å². The molecular weight excluding hydrogens is 344 g/mol. The summed E-state index contributed by atoms with van der Waals surface area (Å²) in [5.41, 5.74) is 1.03. The maximum absolute atomic E-state index is 12.4. The second-order valence-electron chi connectivity index (χ2n) is 5.07. The van der Waals surface area contributed by atoms with E-state index in [-0.39, 0.29) is 22.8 Å². The summed E-state index contributed by atoms with van der Waals surface area (Å²) in [6.07, 6.45) is 0. The molecule has 0 saturated carbocycles. The molecule has 8 heteroatoms. The summed E-state index contributed by atoms with van der Waals surface area (Å²) >= 11 is 0. The second kappa shape index (κ2) is 8.00. The molecular formula is C17H20N2O5S.